The van der Waals surface area contributed by atoms with Crippen LogP contribution in [-0.2, 0) is 9.59 Å². The SMILES string of the molecule is COc1ccc(/C=C/C(=O)N[C@H]2CCCC[C@@H]2NC(=O)/C=C/c2ccc(OC)cc2)cc1. The van der Waals surface area contributed by atoms with E-state index in [1.807, 2.05) is 48.5 Å². The molecule has 32 heavy (non-hydrogen) atoms. The maximum Gasteiger partial charge on any atom is 0.244 e. The molecule has 0 aromatic heterocycles. The summed E-state index contributed by atoms with van der Waals surface area (Å²) >= 11 is 0. The zero-order valence-corrected chi connectivity index (χ0v) is 18.5. The molecule has 1 saturated carbocycles. The van der Waals surface area contributed by atoms with Crippen LogP contribution in [0.5, 0.6) is 11.5 Å². The molecule has 2 aromatic rings. The molecule has 1 aliphatic rings. The van der Waals surface area contributed by atoms with Crippen LogP contribution in [0.3, 0.4) is 0 Å². The van der Waals surface area contributed by atoms with Gasteiger partial charge in [0.2, 0.25) is 11.8 Å². The molecule has 0 radical (unpaired) electrons. The molecule has 0 heterocycles. The molecule has 2 atom stereocenters. The minimum atomic E-state index is -0.166. The van der Waals surface area contributed by atoms with E-state index in [1.165, 1.54) is 12.2 Å². The number of hydrogen-bond acceptors (Lipinski definition) is 4. The van der Waals surface area contributed by atoms with Gasteiger partial charge in [-0.1, -0.05) is 37.1 Å². The van der Waals surface area contributed by atoms with Crippen molar-refractivity contribution in [3.63, 3.8) is 0 Å². The van der Waals surface area contributed by atoms with Crippen molar-refractivity contribution in [3.05, 3.63) is 71.8 Å². The summed E-state index contributed by atoms with van der Waals surface area (Å²) in [5.74, 6) is 1.21. The van der Waals surface area contributed by atoms with Crippen LogP contribution in [0, 0.1) is 0 Å². The van der Waals surface area contributed by atoms with Gasteiger partial charge in [0.15, 0.2) is 0 Å². The van der Waals surface area contributed by atoms with Gasteiger partial charge in [0.05, 0.1) is 14.2 Å². The average Bonchev–Trinajstić information content (AvgIpc) is 2.83. The molecule has 168 valence electrons. The van der Waals surface area contributed by atoms with Gasteiger partial charge in [-0.05, 0) is 60.4 Å². The number of nitrogens with one attached hydrogen (secondary N) is 2. The molecule has 2 amide bonds. The Morgan fingerprint density at radius 3 is 1.44 bits per heavy atom. The van der Waals surface area contributed by atoms with E-state index in [4.69, 9.17) is 9.47 Å². The molecular weight excluding hydrogens is 404 g/mol. The summed E-state index contributed by atoms with van der Waals surface area (Å²) in [6.45, 7) is 0. The van der Waals surface area contributed by atoms with Gasteiger partial charge in [-0.25, -0.2) is 0 Å². The van der Waals surface area contributed by atoms with Crippen LogP contribution in [0.15, 0.2) is 60.7 Å². The first kappa shape index (κ1) is 23.1. The normalized spacial score (nSPS) is 18.4. The number of benzene rings is 2. The second-order valence-electron chi connectivity index (χ2n) is 7.73. The highest BCUT2D eigenvalue weighted by Gasteiger charge is 2.26. The molecule has 0 bridgehead atoms. The van der Waals surface area contributed by atoms with Crippen molar-refractivity contribution in [2.45, 2.75) is 37.8 Å². The Hall–Kier alpha value is -3.54. The molecule has 2 N–H and O–H groups in total. The molecule has 6 heteroatoms. The maximum absolute atomic E-state index is 12.4. The molecule has 6 nitrogen and oxygen atoms in total. The quantitative estimate of drug-likeness (QED) is 0.617. The van der Waals surface area contributed by atoms with Crippen molar-refractivity contribution in [1.82, 2.24) is 10.6 Å². The minimum Gasteiger partial charge on any atom is -0.497 e. The van der Waals surface area contributed by atoms with Crippen LogP contribution >= 0.6 is 0 Å². The molecule has 0 aliphatic heterocycles. The molecular formula is C26H30N2O4. The van der Waals surface area contributed by atoms with Crippen molar-refractivity contribution in [1.29, 1.82) is 0 Å². The lowest BCUT2D eigenvalue weighted by atomic mass is 9.90. The van der Waals surface area contributed by atoms with E-state index in [1.54, 1.807) is 26.4 Å². The smallest absolute Gasteiger partial charge is 0.244 e. The average molecular weight is 435 g/mol. The molecule has 0 unspecified atom stereocenters. The number of carbonyl (C=O) groups is 2. The fourth-order valence-corrected chi connectivity index (χ4v) is 3.71. The predicted molar refractivity (Wildman–Crippen MR) is 126 cm³/mol. The highest BCUT2D eigenvalue weighted by Crippen LogP contribution is 2.19. The van der Waals surface area contributed by atoms with Gasteiger partial charge in [0.25, 0.3) is 0 Å². The Balaban J connectivity index is 1.53. The van der Waals surface area contributed by atoms with Gasteiger partial charge in [-0.2, -0.15) is 0 Å². The standard InChI is InChI=1S/C26H30N2O4/c1-31-21-13-7-19(8-14-21)11-17-25(29)27-23-5-3-4-6-24(23)28-26(30)18-12-20-9-15-22(32-2)16-10-20/h7-18,23-24H,3-6H2,1-2H3,(H,27,29)(H,28,30)/b17-11+,18-12+/t23-,24-/m0/s1. The lowest BCUT2D eigenvalue weighted by Gasteiger charge is -2.32. The first-order chi connectivity index (χ1) is 15.6. The fourth-order valence-electron chi connectivity index (χ4n) is 3.71. The number of rotatable bonds is 8. The third-order valence-electron chi connectivity index (χ3n) is 5.51. The Kier molecular flexibility index (Phi) is 8.49. The van der Waals surface area contributed by atoms with Gasteiger partial charge >= 0.3 is 0 Å². The first-order valence-corrected chi connectivity index (χ1v) is 10.8. The van der Waals surface area contributed by atoms with Crippen molar-refractivity contribution in [3.8, 4) is 11.5 Å². The minimum absolute atomic E-state index is 0.0879. The van der Waals surface area contributed by atoms with E-state index >= 15 is 0 Å². The summed E-state index contributed by atoms with van der Waals surface area (Å²) in [6, 6.07) is 14.8. The van der Waals surface area contributed by atoms with Crippen molar-refractivity contribution < 1.29 is 19.1 Å². The van der Waals surface area contributed by atoms with E-state index < -0.39 is 0 Å². The van der Waals surface area contributed by atoms with Crippen molar-refractivity contribution in [2.75, 3.05) is 14.2 Å². The first-order valence-electron chi connectivity index (χ1n) is 10.8. The van der Waals surface area contributed by atoms with Crippen LogP contribution in [-0.4, -0.2) is 38.1 Å². The van der Waals surface area contributed by atoms with Gasteiger partial charge in [0.1, 0.15) is 11.5 Å². The van der Waals surface area contributed by atoms with E-state index in [9.17, 15) is 9.59 Å². The monoisotopic (exact) mass is 434 g/mol. The van der Waals surface area contributed by atoms with Crippen LogP contribution in [0.2, 0.25) is 0 Å². The van der Waals surface area contributed by atoms with E-state index in [2.05, 4.69) is 10.6 Å². The molecule has 0 spiro atoms. The number of methoxy groups -OCH3 is 2. The third kappa shape index (κ3) is 7.01. The lowest BCUT2D eigenvalue weighted by molar-refractivity contribution is -0.120. The second kappa shape index (κ2) is 11.7. The van der Waals surface area contributed by atoms with Gasteiger partial charge in [-0.15, -0.1) is 0 Å². The van der Waals surface area contributed by atoms with Gasteiger partial charge in [0, 0.05) is 24.2 Å². The maximum atomic E-state index is 12.4. The highest BCUT2D eigenvalue weighted by molar-refractivity contribution is 5.93. The zero-order chi connectivity index (χ0) is 22.8. The zero-order valence-electron chi connectivity index (χ0n) is 18.5. The number of ether oxygens (including phenoxy) is 2. The molecule has 0 saturated heterocycles. The largest absolute Gasteiger partial charge is 0.497 e. The summed E-state index contributed by atoms with van der Waals surface area (Å²) in [4.78, 5) is 24.9. The molecule has 1 fully saturated rings. The number of amides is 2. The Morgan fingerprint density at radius 2 is 1.09 bits per heavy atom. The van der Waals surface area contributed by atoms with E-state index in [0.717, 1.165) is 48.3 Å². The lowest BCUT2D eigenvalue weighted by Crippen LogP contribution is -2.52. The Labute approximate surface area is 189 Å². The molecule has 1 aliphatic carbocycles. The van der Waals surface area contributed by atoms with Crippen LogP contribution in [0.1, 0.15) is 36.8 Å². The topological polar surface area (TPSA) is 76.7 Å². The van der Waals surface area contributed by atoms with Crippen LogP contribution in [0.25, 0.3) is 12.2 Å². The van der Waals surface area contributed by atoms with Crippen molar-refractivity contribution >= 4 is 24.0 Å². The molecule has 3 rings (SSSR count). The van der Waals surface area contributed by atoms with Gasteiger partial charge in [-0.3, -0.25) is 9.59 Å². The van der Waals surface area contributed by atoms with Crippen molar-refractivity contribution in [2.24, 2.45) is 0 Å². The summed E-state index contributed by atoms with van der Waals surface area (Å²) in [5.41, 5.74) is 1.83. The van der Waals surface area contributed by atoms with Gasteiger partial charge < -0.3 is 20.1 Å². The fraction of sp³-hybridized carbons (Fsp3) is 0.308. The van der Waals surface area contributed by atoms with E-state index in [0.29, 0.717) is 0 Å². The second-order valence-corrected chi connectivity index (χ2v) is 7.73. The van der Waals surface area contributed by atoms with E-state index in [-0.39, 0.29) is 23.9 Å². The summed E-state index contributed by atoms with van der Waals surface area (Å²) in [5, 5.41) is 6.10. The predicted octanol–water partition coefficient (Wildman–Crippen LogP) is 3.97. The third-order valence-corrected chi connectivity index (χ3v) is 5.51. The van der Waals surface area contributed by atoms with Crippen LogP contribution in [0.4, 0.5) is 0 Å². The summed E-state index contributed by atoms with van der Waals surface area (Å²) in [7, 11) is 3.24. The summed E-state index contributed by atoms with van der Waals surface area (Å²) < 4.78 is 10.3. The number of carbonyl (C=O) groups excluding carboxylic acids is 2. The summed E-state index contributed by atoms with van der Waals surface area (Å²) in [6.07, 6.45) is 10.3. The number of hydrogen-bond donors (Lipinski definition) is 2. The highest BCUT2D eigenvalue weighted by atomic mass is 16.5. The molecule has 2 aromatic carbocycles. The Morgan fingerprint density at radius 1 is 0.719 bits per heavy atom. The Bertz CT molecular complexity index is 869. The van der Waals surface area contributed by atoms with Crippen LogP contribution < -0.4 is 20.1 Å².